The predicted molar refractivity (Wildman–Crippen MR) is 122 cm³/mol. The van der Waals surface area contributed by atoms with E-state index in [1.54, 1.807) is 0 Å². The molecule has 2 aromatic heterocycles. The van der Waals surface area contributed by atoms with E-state index in [-0.39, 0.29) is 40.7 Å². The zero-order valence-electron chi connectivity index (χ0n) is 19.1. The van der Waals surface area contributed by atoms with Crippen molar-refractivity contribution < 1.29 is 32.6 Å². The number of hydrogen-bond donors (Lipinski definition) is 4. The second-order valence-electron chi connectivity index (χ2n) is 7.32. The van der Waals surface area contributed by atoms with Crippen molar-refractivity contribution in [1.82, 2.24) is 25.3 Å². The highest BCUT2D eigenvalue weighted by Crippen LogP contribution is 2.19. The number of halogens is 2. The second-order valence-corrected chi connectivity index (χ2v) is 7.32. The number of carbonyl (C=O) groups excluding carboxylic acids is 3. The molecule has 0 aliphatic heterocycles. The molecule has 13 nitrogen and oxygen atoms in total. The number of nitrogen functional groups attached to an aromatic ring is 2. The zero-order valence-corrected chi connectivity index (χ0v) is 19.1. The monoisotopic (exact) mass is 504 g/mol. The van der Waals surface area contributed by atoms with E-state index in [2.05, 4.69) is 40.0 Å². The van der Waals surface area contributed by atoms with Gasteiger partial charge in [-0.3, -0.25) is 4.79 Å². The van der Waals surface area contributed by atoms with E-state index in [0.29, 0.717) is 5.69 Å². The zero-order chi connectivity index (χ0) is 26.4. The van der Waals surface area contributed by atoms with Gasteiger partial charge in [0.1, 0.15) is 11.9 Å². The third-order valence-corrected chi connectivity index (χ3v) is 4.88. The van der Waals surface area contributed by atoms with E-state index >= 15 is 0 Å². The van der Waals surface area contributed by atoms with Crippen molar-refractivity contribution in [2.75, 3.05) is 31.0 Å². The molecular weight excluding hydrogens is 482 g/mol. The first-order valence-corrected chi connectivity index (χ1v) is 10.3. The Morgan fingerprint density at radius 1 is 1.08 bits per heavy atom. The van der Waals surface area contributed by atoms with Crippen molar-refractivity contribution in [3.63, 3.8) is 0 Å². The van der Waals surface area contributed by atoms with Crippen LogP contribution in [-0.4, -0.2) is 64.2 Å². The van der Waals surface area contributed by atoms with Crippen LogP contribution in [0.1, 0.15) is 22.5 Å². The van der Waals surface area contributed by atoms with Crippen molar-refractivity contribution in [2.45, 2.75) is 25.2 Å². The van der Waals surface area contributed by atoms with E-state index in [9.17, 15) is 23.2 Å². The number of alkyl halides is 1. The molecule has 2 atom stereocenters. The van der Waals surface area contributed by atoms with Crippen LogP contribution in [0.2, 0.25) is 0 Å². The van der Waals surface area contributed by atoms with Gasteiger partial charge in [0.05, 0.1) is 38.3 Å². The topological polar surface area (TPSA) is 197 Å². The SMILES string of the molecule is COC(=O)[C@H](F)C[C@H](NC(=O)c1ccc(NCc2cnc3nc(N)nc(N)c3n2)c(F)c1)C(=O)OC. The number of methoxy groups -OCH3 is 2. The number of fused-ring (bicyclic) bond motifs is 1. The molecule has 190 valence electrons. The third-order valence-electron chi connectivity index (χ3n) is 4.88. The van der Waals surface area contributed by atoms with Crippen molar-refractivity contribution >= 4 is 46.5 Å². The summed E-state index contributed by atoms with van der Waals surface area (Å²) in [6.45, 7) is 0.0467. The van der Waals surface area contributed by atoms with Gasteiger partial charge in [0, 0.05) is 12.0 Å². The number of benzene rings is 1. The highest BCUT2D eigenvalue weighted by molar-refractivity contribution is 5.97. The average molecular weight is 504 g/mol. The number of anilines is 3. The summed E-state index contributed by atoms with van der Waals surface area (Å²) in [5, 5.41) is 5.04. The minimum absolute atomic E-state index is 0.0361. The number of hydrogen-bond acceptors (Lipinski definition) is 12. The van der Waals surface area contributed by atoms with Crippen LogP contribution in [0.3, 0.4) is 0 Å². The van der Waals surface area contributed by atoms with Gasteiger partial charge in [0.25, 0.3) is 5.91 Å². The lowest BCUT2D eigenvalue weighted by Crippen LogP contribution is -2.44. The Hall–Kier alpha value is -4.69. The summed E-state index contributed by atoms with van der Waals surface area (Å²) < 4.78 is 37.4. The lowest BCUT2D eigenvalue weighted by atomic mass is 10.1. The van der Waals surface area contributed by atoms with Crippen LogP contribution >= 0.6 is 0 Å². The third kappa shape index (κ3) is 6.05. The minimum Gasteiger partial charge on any atom is -0.467 e. The molecule has 3 rings (SSSR count). The van der Waals surface area contributed by atoms with Gasteiger partial charge in [-0.15, -0.1) is 0 Å². The summed E-state index contributed by atoms with van der Waals surface area (Å²) in [6.07, 6.45) is -1.50. The first kappa shape index (κ1) is 25.9. The molecule has 6 N–H and O–H groups in total. The van der Waals surface area contributed by atoms with Crippen LogP contribution in [0.4, 0.5) is 26.2 Å². The van der Waals surface area contributed by atoms with Gasteiger partial charge < -0.3 is 31.6 Å². The first-order valence-electron chi connectivity index (χ1n) is 10.3. The quantitative estimate of drug-likeness (QED) is 0.295. The molecule has 36 heavy (non-hydrogen) atoms. The van der Waals surface area contributed by atoms with Crippen molar-refractivity contribution in [3.05, 3.63) is 41.5 Å². The van der Waals surface area contributed by atoms with Gasteiger partial charge in [-0.05, 0) is 18.2 Å². The summed E-state index contributed by atoms with van der Waals surface area (Å²) in [7, 11) is 2.01. The summed E-state index contributed by atoms with van der Waals surface area (Å²) in [6, 6.07) is 1.98. The Balaban J connectivity index is 1.69. The second kappa shape index (κ2) is 11.2. The molecule has 0 spiro atoms. The van der Waals surface area contributed by atoms with E-state index in [1.807, 2.05) is 0 Å². The molecule has 0 saturated carbocycles. The molecule has 2 heterocycles. The Kier molecular flexibility index (Phi) is 8.03. The van der Waals surface area contributed by atoms with Gasteiger partial charge >= 0.3 is 11.9 Å². The smallest absolute Gasteiger partial charge is 0.340 e. The number of esters is 2. The number of nitrogens with one attached hydrogen (secondary N) is 2. The molecule has 0 aliphatic carbocycles. The fourth-order valence-corrected chi connectivity index (χ4v) is 3.08. The highest BCUT2D eigenvalue weighted by Gasteiger charge is 2.30. The molecule has 0 saturated heterocycles. The number of rotatable bonds is 9. The molecule has 1 amide bonds. The van der Waals surface area contributed by atoms with Crippen LogP contribution < -0.4 is 22.1 Å². The van der Waals surface area contributed by atoms with E-state index in [0.717, 1.165) is 20.3 Å². The highest BCUT2D eigenvalue weighted by atomic mass is 19.1. The first-order chi connectivity index (χ1) is 17.1. The molecule has 0 fully saturated rings. The summed E-state index contributed by atoms with van der Waals surface area (Å²) in [4.78, 5) is 51.9. The normalized spacial score (nSPS) is 12.4. The van der Waals surface area contributed by atoms with Gasteiger partial charge in [0.2, 0.25) is 5.95 Å². The predicted octanol–water partition coefficient (Wildman–Crippen LogP) is 0.508. The molecule has 0 aliphatic rings. The fraction of sp³-hybridized carbons (Fsp3) is 0.286. The average Bonchev–Trinajstić information content (AvgIpc) is 2.86. The number of amides is 1. The Labute approximate surface area is 202 Å². The Morgan fingerprint density at radius 3 is 2.47 bits per heavy atom. The summed E-state index contributed by atoms with van der Waals surface area (Å²) in [5.41, 5.74) is 12.0. The molecule has 1 aromatic carbocycles. The maximum absolute atomic E-state index is 14.7. The number of aromatic nitrogens is 4. The van der Waals surface area contributed by atoms with Gasteiger partial charge in [-0.1, -0.05) is 0 Å². The van der Waals surface area contributed by atoms with E-state index in [1.165, 1.54) is 18.3 Å². The van der Waals surface area contributed by atoms with Crippen molar-refractivity contribution in [2.24, 2.45) is 0 Å². The number of nitrogens with two attached hydrogens (primary N) is 2. The van der Waals surface area contributed by atoms with E-state index < -0.39 is 42.3 Å². The number of carbonyl (C=O) groups is 3. The van der Waals surface area contributed by atoms with Crippen LogP contribution in [0.5, 0.6) is 0 Å². The van der Waals surface area contributed by atoms with Crippen LogP contribution in [0.25, 0.3) is 11.2 Å². The largest absolute Gasteiger partial charge is 0.467 e. The van der Waals surface area contributed by atoms with Crippen LogP contribution in [-0.2, 0) is 25.6 Å². The van der Waals surface area contributed by atoms with Gasteiger partial charge in [-0.2, -0.15) is 9.97 Å². The van der Waals surface area contributed by atoms with Crippen LogP contribution in [0.15, 0.2) is 24.4 Å². The van der Waals surface area contributed by atoms with E-state index in [4.69, 9.17) is 11.5 Å². The lowest BCUT2D eigenvalue weighted by Gasteiger charge is -2.18. The lowest BCUT2D eigenvalue weighted by molar-refractivity contribution is -0.148. The standard InChI is InChI=1S/C21H22F2N8O5/c1-35-19(33)12(23)6-14(20(34)36-2)29-18(32)9-3-4-13(11(22)5-9)26-7-10-8-27-17-15(28-10)16(24)30-21(25)31-17/h3-5,8,12,14,26H,6-7H2,1-2H3,(H,29,32)(H4,24,25,27,30,31)/t12-,14+/m1/s1. The molecular formula is C21H22F2N8O5. The molecule has 0 unspecified atom stereocenters. The molecule has 0 radical (unpaired) electrons. The maximum atomic E-state index is 14.7. The number of nitrogens with zero attached hydrogens (tertiary/aromatic N) is 4. The van der Waals surface area contributed by atoms with Crippen molar-refractivity contribution in [1.29, 1.82) is 0 Å². The minimum atomic E-state index is -2.18. The Bertz CT molecular complexity index is 1310. The summed E-state index contributed by atoms with van der Waals surface area (Å²) >= 11 is 0. The van der Waals surface area contributed by atoms with Gasteiger partial charge in [0.15, 0.2) is 23.2 Å². The van der Waals surface area contributed by atoms with Gasteiger partial charge in [-0.25, -0.2) is 28.3 Å². The molecule has 3 aromatic rings. The molecule has 0 bridgehead atoms. The van der Waals surface area contributed by atoms with Crippen LogP contribution in [0, 0.1) is 5.82 Å². The number of ether oxygens (including phenoxy) is 2. The van der Waals surface area contributed by atoms with Crippen molar-refractivity contribution in [3.8, 4) is 0 Å². The summed E-state index contributed by atoms with van der Waals surface area (Å²) in [5.74, 6) is -3.88. The fourth-order valence-electron chi connectivity index (χ4n) is 3.08. The Morgan fingerprint density at radius 2 is 1.81 bits per heavy atom. The maximum Gasteiger partial charge on any atom is 0.340 e. The molecule has 15 heteroatoms.